The van der Waals surface area contributed by atoms with Gasteiger partial charge in [0.15, 0.2) is 0 Å². The van der Waals surface area contributed by atoms with E-state index in [1.54, 1.807) is 11.8 Å². The summed E-state index contributed by atoms with van der Waals surface area (Å²) in [7, 11) is 0. The third kappa shape index (κ3) is 3.85. The first-order chi connectivity index (χ1) is 12.5. The van der Waals surface area contributed by atoms with Crippen LogP contribution in [-0.2, 0) is 5.54 Å². The molecule has 26 heavy (non-hydrogen) atoms. The molecular weight excluding hydrogens is 344 g/mol. The summed E-state index contributed by atoms with van der Waals surface area (Å²) in [4.78, 5) is 18.4. The van der Waals surface area contributed by atoms with Crippen LogP contribution in [0.3, 0.4) is 0 Å². The fraction of sp³-hybridized carbons (Fsp3) is 0.300. The van der Waals surface area contributed by atoms with Crippen molar-refractivity contribution in [2.45, 2.75) is 31.7 Å². The predicted octanol–water partition coefficient (Wildman–Crippen LogP) is 4.68. The number of thioether (sulfide) groups is 1. The summed E-state index contributed by atoms with van der Waals surface area (Å²) in [5.74, 6) is 0.546. The molecule has 136 valence electrons. The van der Waals surface area contributed by atoms with Crippen LogP contribution >= 0.6 is 11.8 Å². The second-order valence-corrected chi connectivity index (χ2v) is 7.56. The highest BCUT2D eigenvalue weighted by atomic mass is 32.2. The maximum Gasteiger partial charge on any atom is 0.320 e. The lowest BCUT2D eigenvalue weighted by Crippen LogP contribution is -2.37. The van der Waals surface area contributed by atoms with E-state index in [4.69, 9.17) is 0 Å². The summed E-state index contributed by atoms with van der Waals surface area (Å²) in [5.41, 5.74) is 2.22. The first-order valence-electron chi connectivity index (χ1n) is 8.69. The molecule has 2 aromatic rings. The highest BCUT2D eigenvalue weighted by Crippen LogP contribution is 2.46. The van der Waals surface area contributed by atoms with Gasteiger partial charge in [0.05, 0.1) is 5.54 Å². The van der Waals surface area contributed by atoms with Gasteiger partial charge in [-0.15, -0.1) is 11.8 Å². The maximum atomic E-state index is 11.6. The largest absolute Gasteiger partial charge is 0.352 e. The van der Waals surface area contributed by atoms with Gasteiger partial charge in [0.2, 0.25) is 0 Å². The Morgan fingerprint density at radius 2 is 2.00 bits per heavy atom. The zero-order valence-electron chi connectivity index (χ0n) is 15.3. The highest BCUT2D eigenvalue weighted by molar-refractivity contribution is 8.02. The Morgan fingerprint density at radius 3 is 2.65 bits per heavy atom. The van der Waals surface area contributed by atoms with Gasteiger partial charge in [-0.25, -0.2) is 9.78 Å². The number of aromatic nitrogens is 1. The number of rotatable bonds is 5. The summed E-state index contributed by atoms with van der Waals surface area (Å²) < 4.78 is 0. The van der Waals surface area contributed by atoms with E-state index in [0.29, 0.717) is 12.4 Å². The van der Waals surface area contributed by atoms with Crippen molar-refractivity contribution in [1.29, 1.82) is 0 Å². The number of amides is 2. The van der Waals surface area contributed by atoms with Crippen LogP contribution in [0.2, 0.25) is 0 Å². The molecule has 1 aromatic heterocycles. The summed E-state index contributed by atoms with van der Waals surface area (Å²) in [5, 5.41) is 7.70. The van der Waals surface area contributed by atoms with E-state index >= 15 is 0 Å². The molecule has 5 nitrogen and oxygen atoms in total. The number of anilines is 1. The van der Waals surface area contributed by atoms with Crippen molar-refractivity contribution >= 4 is 23.6 Å². The monoisotopic (exact) mass is 368 g/mol. The lowest BCUT2D eigenvalue weighted by Gasteiger charge is -2.40. The summed E-state index contributed by atoms with van der Waals surface area (Å²) in [6, 6.07) is 14.1. The van der Waals surface area contributed by atoms with Crippen LogP contribution in [0.25, 0.3) is 0 Å². The number of urea groups is 1. The number of hydrogen-bond acceptors (Lipinski definition) is 4. The molecule has 1 aromatic carbocycles. The van der Waals surface area contributed by atoms with Gasteiger partial charge in [0, 0.05) is 24.5 Å². The standard InChI is InChI=1S/C20H24N4OS/c1-4-21-19(25)23-17-11-10-15(14-22-17)18-24(12-13-26-18)20(2,3)16-8-6-5-7-9-16/h5-14,18H,4H2,1-3H3,(H2,21,22,23,25). The minimum atomic E-state index is -0.239. The van der Waals surface area contributed by atoms with E-state index < -0.39 is 0 Å². The average molecular weight is 369 g/mol. The number of nitrogens with zero attached hydrogens (tertiary/aromatic N) is 2. The van der Waals surface area contributed by atoms with E-state index in [9.17, 15) is 4.79 Å². The molecular formula is C20H24N4OS. The number of carbonyl (C=O) groups excluding carboxylic acids is 1. The predicted molar refractivity (Wildman–Crippen MR) is 108 cm³/mol. The zero-order chi connectivity index (χ0) is 18.6. The van der Waals surface area contributed by atoms with Gasteiger partial charge in [-0.3, -0.25) is 5.32 Å². The van der Waals surface area contributed by atoms with Gasteiger partial charge in [0.25, 0.3) is 0 Å². The second-order valence-electron chi connectivity index (χ2n) is 6.57. The number of benzene rings is 1. The van der Waals surface area contributed by atoms with Crippen molar-refractivity contribution in [3.8, 4) is 0 Å². The lowest BCUT2D eigenvalue weighted by atomic mass is 9.92. The number of nitrogens with one attached hydrogen (secondary N) is 2. The van der Waals surface area contributed by atoms with Crippen molar-refractivity contribution in [2.75, 3.05) is 11.9 Å². The Kier molecular flexibility index (Phi) is 5.52. The maximum absolute atomic E-state index is 11.6. The Morgan fingerprint density at radius 1 is 1.23 bits per heavy atom. The molecule has 0 aliphatic carbocycles. The third-order valence-corrected chi connectivity index (χ3v) is 5.49. The van der Waals surface area contributed by atoms with Crippen molar-refractivity contribution in [3.05, 3.63) is 71.4 Å². The molecule has 1 unspecified atom stereocenters. The fourth-order valence-corrected chi connectivity index (χ4v) is 4.09. The van der Waals surface area contributed by atoms with E-state index in [2.05, 4.69) is 70.2 Å². The van der Waals surface area contributed by atoms with Crippen molar-refractivity contribution in [2.24, 2.45) is 0 Å². The van der Waals surface area contributed by atoms with Gasteiger partial charge in [-0.05, 0) is 37.8 Å². The van der Waals surface area contributed by atoms with Crippen LogP contribution in [0.5, 0.6) is 0 Å². The van der Waals surface area contributed by atoms with Gasteiger partial charge >= 0.3 is 6.03 Å². The van der Waals surface area contributed by atoms with Crippen LogP contribution in [-0.4, -0.2) is 22.5 Å². The van der Waals surface area contributed by atoms with Crippen molar-refractivity contribution in [3.63, 3.8) is 0 Å². The molecule has 0 radical (unpaired) electrons. The molecule has 0 saturated heterocycles. The molecule has 0 bridgehead atoms. The van der Waals surface area contributed by atoms with E-state index in [1.807, 2.05) is 31.3 Å². The molecule has 2 N–H and O–H groups in total. The van der Waals surface area contributed by atoms with Gasteiger partial charge in [0.1, 0.15) is 11.2 Å². The second kappa shape index (κ2) is 7.83. The van der Waals surface area contributed by atoms with Gasteiger partial charge in [-0.1, -0.05) is 36.4 Å². The van der Waals surface area contributed by atoms with Crippen molar-refractivity contribution < 1.29 is 4.79 Å². The Balaban J connectivity index is 1.77. The molecule has 1 atom stereocenters. The lowest BCUT2D eigenvalue weighted by molar-refractivity contribution is 0.177. The SMILES string of the molecule is CCNC(=O)Nc1ccc(C2SC=CN2C(C)(C)c2ccccc2)cn1. The third-order valence-electron chi connectivity index (χ3n) is 4.46. The van der Waals surface area contributed by atoms with E-state index in [0.717, 1.165) is 5.56 Å². The fourth-order valence-electron chi connectivity index (χ4n) is 2.98. The molecule has 6 heteroatoms. The summed E-state index contributed by atoms with van der Waals surface area (Å²) in [6.45, 7) is 6.91. The summed E-state index contributed by atoms with van der Waals surface area (Å²) >= 11 is 1.76. The molecule has 0 saturated carbocycles. The molecule has 1 aliphatic heterocycles. The number of pyridine rings is 1. The number of carbonyl (C=O) groups is 1. The Labute approximate surface area is 158 Å². The van der Waals surface area contributed by atoms with Crippen LogP contribution in [0.4, 0.5) is 10.6 Å². The van der Waals surface area contributed by atoms with Crippen LogP contribution in [0.15, 0.2) is 60.3 Å². The van der Waals surface area contributed by atoms with E-state index in [-0.39, 0.29) is 16.9 Å². The van der Waals surface area contributed by atoms with Crippen LogP contribution < -0.4 is 10.6 Å². The molecule has 2 heterocycles. The molecule has 2 amide bonds. The van der Waals surface area contributed by atoms with Gasteiger partial charge in [-0.2, -0.15) is 0 Å². The first-order valence-corrected chi connectivity index (χ1v) is 9.63. The first kappa shape index (κ1) is 18.3. The van der Waals surface area contributed by atoms with Crippen molar-refractivity contribution in [1.82, 2.24) is 15.2 Å². The molecule has 1 aliphatic rings. The smallest absolute Gasteiger partial charge is 0.320 e. The topological polar surface area (TPSA) is 57.3 Å². The Hall–Kier alpha value is -2.47. The minimum absolute atomic E-state index is 0.149. The molecule has 0 spiro atoms. The van der Waals surface area contributed by atoms with Crippen LogP contribution in [0, 0.1) is 0 Å². The van der Waals surface area contributed by atoms with E-state index in [1.165, 1.54) is 5.56 Å². The van der Waals surface area contributed by atoms with Crippen LogP contribution in [0.1, 0.15) is 37.3 Å². The number of hydrogen-bond donors (Lipinski definition) is 2. The summed E-state index contributed by atoms with van der Waals surface area (Å²) in [6.07, 6.45) is 3.98. The average Bonchev–Trinajstić information content (AvgIpc) is 3.14. The minimum Gasteiger partial charge on any atom is -0.352 e. The molecule has 0 fully saturated rings. The quantitative estimate of drug-likeness (QED) is 0.805. The highest BCUT2D eigenvalue weighted by Gasteiger charge is 2.35. The molecule has 3 rings (SSSR count). The Bertz CT molecular complexity index is 774. The zero-order valence-corrected chi connectivity index (χ0v) is 16.1. The van der Waals surface area contributed by atoms with Gasteiger partial charge < -0.3 is 10.2 Å². The normalized spacial score (nSPS) is 16.6.